The van der Waals surface area contributed by atoms with Gasteiger partial charge in [-0.2, -0.15) is 0 Å². The Morgan fingerprint density at radius 1 is 1.07 bits per heavy atom. The third-order valence-corrected chi connectivity index (χ3v) is 5.43. The maximum atomic E-state index is 12.9. The number of piperidine rings is 1. The number of nitrogens with one attached hydrogen (secondary N) is 2. The van der Waals surface area contributed by atoms with Crippen molar-refractivity contribution in [3.05, 3.63) is 18.2 Å². The SMILES string of the molecule is COc1ccc(NC(=O)N2CCCC(N3CCCC3)C2)cc1NC(=O)OC(C)(C)C. The van der Waals surface area contributed by atoms with Crippen LogP contribution < -0.4 is 15.4 Å². The van der Waals surface area contributed by atoms with Crippen molar-refractivity contribution in [2.24, 2.45) is 0 Å². The molecule has 8 nitrogen and oxygen atoms in total. The van der Waals surface area contributed by atoms with Gasteiger partial charge in [0.1, 0.15) is 11.4 Å². The Morgan fingerprint density at radius 3 is 2.47 bits per heavy atom. The van der Waals surface area contributed by atoms with Gasteiger partial charge in [-0.05, 0) is 77.7 Å². The first-order valence-corrected chi connectivity index (χ1v) is 10.7. The summed E-state index contributed by atoms with van der Waals surface area (Å²) >= 11 is 0. The summed E-state index contributed by atoms with van der Waals surface area (Å²) in [5.74, 6) is 0.492. The number of methoxy groups -OCH3 is 1. The number of hydrogen-bond donors (Lipinski definition) is 2. The van der Waals surface area contributed by atoms with Crippen molar-refractivity contribution < 1.29 is 19.1 Å². The molecular formula is C22H34N4O4. The van der Waals surface area contributed by atoms with Gasteiger partial charge >= 0.3 is 12.1 Å². The summed E-state index contributed by atoms with van der Waals surface area (Å²) in [7, 11) is 1.53. The van der Waals surface area contributed by atoms with Gasteiger partial charge in [-0.25, -0.2) is 9.59 Å². The molecule has 2 saturated heterocycles. The molecule has 2 aliphatic heterocycles. The lowest BCUT2D eigenvalue weighted by Gasteiger charge is -2.37. The van der Waals surface area contributed by atoms with Gasteiger partial charge in [0, 0.05) is 24.8 Å². The molecule has 2 N–H and O–H groups in total. The van der Waals surface area contributed by atoms with Gasteiger partial charge < -0.3 is 19.7 Å². The van der Waals surface area contributed by atoms with Crippen molar-refractivity contribution in [1.82, 2.24) is 9.80 Å². The first-order chi connectivity index (χ1) is 14.2. The molecule has 2 fully saturated rings. The average Bonchev–Trinajstić information content (AvgIpc) is 3.22. The number of anilines is 2. The normalized spacial score (nSPS) is 20.0. The van der Waals surface area contributed by atoms with Crippen molar-refractivity contribution in [3.63, 3.8) is 0 Å². The highest BCUT2D eigenvalue weighted by atomic mass is 16.6. The van der Waals surface area contributed by atoms with Gasteiger partial charge in [-0.3, -0.25) is 10.2 Å². The number of carbonyl (C=O) groups excluding carboxylic acids is 2. The number of benzene rings is 1. The van der Waals surface area contributed by atoms with Crippen LogP contribution in [0.5, 0.6) is 5.75 Å². The zero-order valence-corrected chi connectivity index (χ0v) is 18.5. The fourth-order valence-electron chi connectivity index (χ4n) is 4.04. The maximum Gasteiger partial charge on any atom is 0.412 e. The van der Waals surface area contributed by atoms with Crippen LogP contribution in [-0.2, 0) is 4.74 Å². The number of amides is 3. The smallest absolute Gasteiger partial charge is 0.412 e. The predicted octanol–water partition coefficient (Wildman–Crippen LogP) is 4.13. The van der Waals surface area contributed by atoms with E-state index in [0.29, 0.717) is 23.2 Å². The van der Waals surface area contributed by atoms with Gasteiger partial charge in [0.2, 0.25) is 0 Å². The Hall–Kier alpha value is -2.48. The van der Waals surface area contributed by atoms with Crippen molar-refractivity contribution in [1.29, 1.82) is 0 Å². The molecule has 1 atom stereocenters. The monoisotopic (exact) mass is 418 g/mol. The molecule has 0 aliphatic carbocycles. The lowest BCUT2D eigenvalue weighted by Crippen LogP contribution is -2.50. The number of ether oxygens (including phenoxy) is 2. The van der Waals surface area contributed by atoms with Crippen LogP contribution >= 0.6 is 0 Å². The minimum atomic E-state index is -0.608. The molecule has 166 valence electrons. The van der Waals surface area contributed by atoms with Gasteiger partial charge in [0.25, 0.3) is 0 Å². The number of carbonyl (C=O) groups is 2. The first kappa shape index (κ1) is 22.2. The Labute approximate surface area is 178 Å². The second-order valence-corrected chi connectivity index (χ2v) is 8.96. The van der Waals surface area contributed by atoms with Crippen LogP contribution in [0, 0.1) is 0 Å². The lowest BCUT2D eigenvalue weighted by molar-refractivity contribution is 0.0635. The molecule has 8 heteroatoms. The summed E-state index contributed by atoms with van der Waals surface area (Å²) < 4.78 is 10.6. The third-order valence-electron chi connectivity index (χ3n) is 5.43. The standard InChI is InChI=1S/C22H34N4O4/c1-22(2,3)30-21(28)24-18-14-16(9-10-19(18)29-4)23-20(27)26-13-7-8-17(15-26)25-11-5-6-12-25/h9-10,14,17H,5-8,11-13,15H2,1-4H3,(H,23,27)(H,24,28). The lowest BCUT2D eigenvalue weighted by atomic mass is 10.0. The fourth-order valence-corrected chi connectivity index (χ4v) is 4.04. The van der Waals surface area contributed by atoms with Gasteiger partial charge in [-0.1, -0.05) is 0 Å². The van der Waals surface area contributed by atoms with Crippen LogP contribution in [0.4, 0.5) is 21.0 Å². The van der Waals surface area contributed by atoms with E-state index >= 15 is 0 Å². The largest absolute Gasteiger partial charge is 0.495 e. The van der Waals surface area contributed by atoms with Crippen LogP contribution in [-0.4, -0.2) is 66.9 Å². The third kappa shape index (κ3) is 6.01. The van der Waals surface area contributed by atoms with Crippen molar-refractivity contribution in [2.75, 3.05) is 43.9 Å². The maximum absolute atomic E-state index is 12.9. The number of nitrogens with zero attached hydrogens (tertiary/aromatic N) is 2. The van der Waals surface area contributed by atoms with Crippen molar-refractivity contribution in [2.45, 2.75) is 58.1 Å². The van der Waals surface area contributed by atoms with Crippen LogP contribution in [0.15, 0.2) is 18.2 Å². The van der Waals surface area contributed by atoms with E-state index in [-0.39, 0.29) is 6.03 Å². The molecule has 1 aromatic rings. The molecule has 0 saturated carbocycles. The van der Waals surface area contributed by atoms with Crippen molar-refractivity contribution in [3.8, 4) is 5.75 Å². The zero-order chi connectivity index (χ0) is 21.7. The van der Waals surface area contributed by atoms with E-state index in [4.69, 9.17) is 9.47 Å². The quantitative estimate of drug-likeness (QED) is 0.768. The molecule has 2 heterocycles. The highest BCUT2D eigenvalue weighted by Crippen LogP contribution is 2.29. The number of hydrogen-bond acceptors (Lipinski definition) is 5. The predicted molar refractivity (Wildman–Crippen MR) is 117 cm³/mol. The summed E-state index contributed by atoms with van der Waals surface area (Å²) in [5, 5.41) is 5.65. The highest BCUT2D eigenvalue weighted by Gasteiger charge is 2.29. The molecule has 3 amide bonds. The summed E-state index contributed by atoms with van der Waals surface area (Å²) in [6.45, 7) is 9.19. The minimum absolute atomic E-state index is 0.118. The summed E-state index contributed by atoms with van der Waals surface area (Å²) in [6, 6.07) is 5.49. The Bertz CT molecular complexity index is 756. The van der Waals surface area contributed by atoms with E-state index in [9.17, 15) is 9.59 Å². The van der Waals surface area contributed by atoms with Crippen molar-refractivity contribution >= 4 is 23.5 Å². The molecule has 1 aromatic carbocycles. The van der Waals surface area contributed by atoms with E-state index in [2.05, 4.69) is 15.5 Å². The van der Waals surface area contributed by atoms with E-state index in [0.717, 1.165) is 39.0 Å². The minimum Gasteiger partial charge on any atom is -0.495 e. The molecule has 0 aromatic heterocycles. The molecule has 3 rings (SSSR count). The Kier molecular flexibility index (Phi) is 7.07. The van der Waals surface area contributed by atoms with E-state index in [1.54, 1.807) is 39.0 Å². The first-order valence-electron chi connectivity index (χ1n) is 10.7. The summed E-state index contributed by atoms with van der Waals surface area (Å²) in [5.41, 5.74) is 0.428. The molecule has 1 unspecified atom stereocenters. The molecule has 30 heavy (non-hydrogen) atoms. The highest BCUT2D eigenvalue weighted by molar-refractivity contribution is 5.92. The molecule has 0 radical (unpaired) electrons. The fraction of sp³-hybridized carbons (Fsp3) is 0.636. The zero-order valence-electron chi connectivity index (χ0n) is 18.5. The molecule has 0 spiro atoms. The summed E-state index contributed by atoms with van der Waals surface area (Å²) in [4.78, 5) is 29.4. The second kappa shape index (κ2) is 9.55. The van der Waals surface area contributed by atoms with E-state index in [1.807, 2.05) is 4.90 Å². The van der Waals surface area contributed by atoms with Crippen LogP contribution in [0.3, 0.4) is 0 Å². The Morgan fingerprint density at radius 2 is 1.80 bits per heavy atom. The van der Waals surface area contributed by atoms with Gasteiger partial charge in [0.15, 0.2) is 0 Å². The second-order valence-electron chi connectivity index (χ2n) is 8.96. The van der Waals surface area contributed by atoms with Crippen LogP contribution in [0.25, 0.3) is 0 Å². The van der Waals surface area contributed by atoms with E-state index < -0.39 is 11.7 Å². The summed E-state index contributed by atoms with van der Waals surface area (Å²) in [6.07, 6.45) is 4.09. The number of rotatable bonds is 4. The number of urea groups is 1. The molecule has 0 bridgehead atoms. The van der Waals surface area contributed by atoms with Crippen LogP contribution in [0.2, 0.25) is 0 Å². The topological polar surface area (TPSA) is 83.1 Å². The van der Waals surface area contributed by atoms with Crippen LogP contribution in [0.1, 0.15) is 46.5 Å². The van der Waals surface area contributed by atoms with Gasteiger partial charge in [-0.15, -0.1) is 0 Å². The molecule has 2 aliphatic rings. The average molecular weight is 419 g/mol. The number of likely N-dealkylation sites (tertiary alicyclic amines) is 2. The van der Waals surface area contributed by atoms with Gasteiger partial charge in [0.05, 0.1) is 12.8 Å². The van der Waals surface area contributed by atoms with E-state index in [1.165, 1.54) is 20.0 Å². The molecular weight excluding hydrogens is 384 g/mol. The Balaban J connectivity index is 1.63.